The van der Waals surface area contributed by atoms with Crippen LogP contribution in [0.15, 0.2) is 35.1 Å². The van der Waals surface area contributed by atoms with E-state index < -0.39 is 0 Å². The lowest BCUT2D eigenvalue weighted by Crippen LogP contribution is -2.25. The summed E-state index contributed by atoms with van der Waals surface area (Å²) >= 11 is 3.31. The van der Waals surface area contributed by atoms with Gasteiger partial charge in [-0.05, 0) is 46.9 Å². The Morgan fingerprint density at radius 2 is 2.32 bits per heavy atom. The third-order valence-corrected chi connectivity index (χ3v) is 3.83. The van der Waals surface area contributed by atoms with E-state index >= 15 is 0 Å². The maximum absolute atomic E-state index is 13.5. The zero-order valence-corrected chi connectivity index (χ0v) is 12.4. The maximum atomic E-state index is 13.5. The highest BCUT2D eigenvalue weighted by molar-refractivity contribution is 9.10. The number of halogens is 2. The second-order valence-electron chi connectivity index (χ2n) is 4.40. The van der Waals surface area contributed by atoms with Crippen molar-refractivity contribution in [2.45, 2.75) is 25.8 Å². The van der Waals surface area contributed by atoms with Crippen LogP contribution in [0.2, 0.25) is 0 Å². The lowest BCUT2D eigenvalue weighted by molar-refractivity contribution is 0.505. The molecule has 0 fully saturated rings. The largest absolute Gasteiger partial charge is 0.347 e. The Kier molecular flexibility index (Phi) is 5.10. The van der Waals surface area contributed by atoms with Gasteiger partial charge in [0.1, 0.15) is 11.6 Å². The number of aromatic nitrogens is 2. The van der Waals surface area contributed by atoms with Gasteiger partial charge in [0.15, 0.2) is 0 Å². The van der Waals surface area contributed by atoms with Crippen LogP contribution in [0.3, 0.4) is 0 Å². The Balaban J connectivity index is 2.18. The monoisotopic (exact) mass is 325 g/mol. The fourth-order valence-corrected chi connectivity index (χ4v) is 2.40. The third kappa shape index (κ3) is 3.64. The zero-order chi connectivity index (χ0) is 13.7. The van der Waals surface area contributed by atoms with Crippen LogP contribution < -0.4 is 5.32 Å². The van der Waals surface area contributed by atoms with Gasteiger partial charge in [0, 0.05) is 12.4 Å². The quantitative estimate of drug-likeness (QED) is 0.852. The van der Waals surface area contributed by atoms with Gasteiger partial charge in [0.05, 0.1) is 10.5 Å². The van der Waals surface area contributed by atoms with Crippen molar-refractivity contribution in [3.63, 3.8) is 0 Å². The molecule has 1 aromatic heterocycles. The molecule has 1 aromatic carbocycles. The molecule has 5 heteroatoms. The van der Waals surface area contributed by atoms with Crippen molar-refractivity contribution in [1.82, 2.24) is 15.3 Å². The molecule has 0 spiro atoms. The van der Waals surface area contributed by atoms with Crippen molar-refractivity contribution in [3.8, 4) is 0 Å². The van der Waals surface area contributed by atoms with E-state index in [1.807, 2.05) is 6.07 Å². The average Bonchev–Trinajstić information content (AvgIpc) is 2.93. The number of hydrogen-bond donors (Lipinski definition) is 2. The van der Waals surface area contributed by atoms with Crippen molar-refractivity contribution in [2.24, 2.45) is 0 Å². The Morgan fingerprint density at radius 1 is 1.47 bits per heavy atom. The molecule has 0 aliphatic heterocycles. The molecular formula is C14H17BrFN3. The van der Waals surface area contributed by atoms with Crippen LogP contribution in [0.5, 0.6) is 0 Å². The van der Waals surface area contributed by atoms with Crippen molar-refractivity contribution >= 4 is 15.9 Å². The van der Waals surface area contributed by atoms with Crippen molar-refractivity contribution in [2.75, 3.05) is 6.54 Å². The minimum Gasteiger partial charge on any atom is -0.347 e. The summed E-state index contributed by atoms with van der Waals surface area (Å²) in [6.07, 6.45) is 5.26. The van der Waals surface area contributed by atoms with E-state index in [-0.39, 0.29) is 11.9 Å². The summed E-state index contributed by atoms with van der Waals surface area (Å²) in [7, 11) is 0. The number of imidazole rings is 1. The molecule has 1 atom stereocenters. The van der Waals surface area contributed by atoms with Gasteiger partial charge in [0.25, 0.3) is 0 Å². The lowest BCUT2D eigenvalue weighted by Gasteiger charge is -2.17. The van der Waals surface area contributed by atoms with Gasteiger partial charge in [0.2, 0.25) is 0 Å². The van der Waals surface area contributed by atoms with Crippen LogP contribution in [0.4, 0.5) is 4.39 Å². The molecule has 19 heavy (non-hydrogen) atoms. The summed E-state index contributed by atoms with van der Waals surface area (Å²) in [5.41, 5.74) is 0.935. The zero-order valence-electron chi connectivity index (χ0n) is 10.8. The van der Waals surface area contributed by atoms with E-state index in [0.29, 0.717) is 10.9 Å². The molecule has 0 saturated heterocycles. The molecule has 0 aliphatic carbocycles. The predicted octanol–water partition coefficient (Wildman–Crippen LogP) is 3.59. The first-order chi connectivity index (χ1) is 9.22. The topological polar surface area (TPSA) is 40.7 Å². The van der Waals surface area contributed by atoms with Crippen molar-refractivity contribution in [1.29, 1.82) is 0 Å². The summed E-state index contributed by atoms with van der Waals surface area (Å²) in [6.45, 7) is 3.02. The Labute approximate surface area is 120 Å². The fourth-order valence-electron chi connectivity index (χ4n) is 1.98. The smallest absolute Gasteiger partial charge is 0.137 e. The molecule has 0 aliphatic rings. The van der Waals surface area contributed by atoms with Gasteiger partial charge in [-0.3, -0.25) is 0 Å². The molecule has 2 N–H and O–H groups in total. The summed E-state index contributed by atoms with van der Waals surface area (Å²) in [5.74, 6) is 0.649. The SMILES string of the molecule is CCCNC(Cc1cccc(F)c1Br)c1ncc[nH]1. The summed E-state index contributed by atoms with van der Waals surface area (Å²) < 4.78 is 14.1. The van der Waals surface area contributed by atoms with Gasteiger partial charge in [-0.25, -0.2) is 9.37 Å². The van der Waals surface area contributed by atoms with E-state index in [1.54, 1.807) is 18.5 Å². The minimum atomic E-state index is -0.230. The molecule has 102 valence electrons. The second kappa shape index (κ2) is 6.82. The molecule has 0 radical (unpaired) electrons. The highest BCUT2D eigenvalue weighted by Gasteiger charge is 2.16. The molecular weight excluding hydrogens is 309 g/mol. The molecule has 0 bridgehead atoms. The normalized spacial score (nSPS) is 12.6. The van der Waals surface area contributed by atoms with Gasteiger partial charge >= 0.3 is 0 Å². The third-order valence-electron chi connectivity index (χ3n) is 2.95. The number of benzene rings is 1. The molecule has 2 aromatic rings. The minimum absolute atomic E-state index is 0.0630. The predicted molar refractivity (Wildman–Crippen MR) is 77.4 cm³/mol. The number of H-pyrrole nitrogens is 1. The van der Waals surface area contributed by atoms with Crippen LogP contribution in [0.25, 0.3) is 0 Å². The number of nitrogens with zero attached hydrogens (tertiary/aromatic N) is 1. The lowest BCUT2D eigenvalue weighted by atomic mass is 10.1. The number of rotatable bonds is 6. The first-order valence-corrected chi connectivity index (χ1v) is 7.17. The van der Waals surface area contributed by atoms with E-state index in [9.17, 15) is 4.39 Å². The molecule has 2 rings (SSSR count). The van der Waals surface area contributed by atoms with Crippen LogP contribution in [-0.2, 0) is 6.42 Å². The number of nitrogens with one attached hydrogen (secondary N) is 2. The standard InChI is InChI=1S/C14H17BrFN3/c1-2-6-17-12(14-18-7-8-19-14)9-10-4-3-5-11(16)13(10)15/h3-5,7-8,12,17H,2,6,9H2,1H3,(H,18,19). The van der Waals surface area contributed by atoms with Gasteiger partial charge in [-0.2, -0.15) is 0 Å². The second-order valence-corrected chi connectivity index (χ2v) is 5.19. The first-order valence-electron chi connectivity index (χ1n) is 6.38. The Hall–Kier alpha value is -1.20. The highest BCUT2D eigenvalue weighted by Crippen LogP contribution is 2.25. The van der Waals surface area contributed by atoms with Crippen molar-refractivity contribution in [3.05, 3.63) is 52.3 Å². The van der Waals surface area contributed by atoms with Gasteiger partial charge in [-0.15, -0.1) is 0 Å². The highest BCUT2D eigenvalue weighted by atomic mass is 79.9. The van der Waals surface area contributed by atoms with E-state index in [4.69, 9.17) is 0 Å². The Morgan fingerprint density at radius 3 is 3.00 bits per heavy atom. The summed E-state index contributed by atoms with van der Waals surface area (Å²) in [6, 6.07) is 5.17. The molecule has 0 saturated carbocycles. The Bertz CT molecular complexity index is 513. The number of aromatic amines is 1. The molecule has 3 nitrogen and oxygen atoms in total. The van der Waals surface area contributed by atoms with Crippen LogP contribution in [-0.4, -0.2) is 16.5 Å². The van der Waals surface area contributed by atoms with Gasteiger partial charge in [-0.1, -0.05) is 19.1 Å². The maximum Gasteiger partial charge on any atom is 0.137 e. The van der Waals surface area contributed by atoms with Crippen LogP contribution in [0.1, 0.15) is 30.8 Å². The molecule has 1 heterocycles. The van der Waals surface area contributed by atoms with Crippen LogP contribution >= 0.6 is 15.9 Å². The molecule has 0 amide bonds. The van der Waals surface area contributed by atoms with E-state index in [2.05, 4.69) is 38.1 Å². The van der Waals surface area contributed by atoms with Crippen LogP contribution in [0, 0.1) is 5.82 Å². The van der Waals surface area contributed by atoms with E-state index in [0.717, 1.165) is 24.4 Å². The fraction of sp³-hybridized carbons (Fsp3) is 0.357. The van der Waals surface area contributed by atoms with Gasteiger partial charge < -0.3 is 10.3 Å². The summed E-state index contributed by atoms with van der Waals surface area (Å²) in [5, 5.41) is 3.43. The van der Waals surface area contributed by atoms with E-state index in [1.165, 1.54) is 6.07 Å². The summed E-state index contributed by atoms with van der Waals surface area (Å²) in [4.78, 5) is 7.41. The average molecular weight is 326 g/mol. The first kappa shape index (κ1) is 14.2. The number of hydrogen-bond acceptors (Lipinski definition) is 2. The molecule has 1 unspecified atom stereocenters. The van der Waals surface area contributed by atoms with Crippen molar-refractivity contribution < 1.29 is 4.39 Å².